The molecule has 1 heterocycles. The van der Waals surface area contributed by atoms with Crippen molar-refractivity contribution in [3.8, 4) is 0 Å². The second-order valence-electron chi connectivity index (χ2n) is 5.59. The Morgan fingerprint density at radius 2 is 2.09 bits per heavy atom. The first-order valence-electron chi connectivity index (χ1n) is 7.51. The number of hydrogen-bond donors (Lipinski definition) is 1. The molecular formula is C16H24ClFN2O2. The molecule has 0 unspecified atom stereocenters. The number of nitrogens with zero attached hydrogens (tertiary/aromatic N) is 2. The molecule has 1 aliphatic heterocycles. The van der Waals surface area contributed by atoms with Crippen LogP contribution in [0.4, 0.5) is 4.39 Å². The fourth-order valence-electron chi connectivity index (χ4n) is 3.01. The highest BCUT2D eigenvalue weighted by atomic mass is 35.5. The van der Waals surface area contributed by atoms with Crippen LogP contribution < -0.4 is 0 Å². The van der Waals surface area contributed by atoms with Crippen molar-refractivity contribution >= 4 is 18.4 Å². The molecule has 0 aromatic heterocycles. The van der Waals surface area contributed by atoms with Gasteiger partial charge in [0, 0.05) is 12.6 Å². The highest BCUT2D eigenvalue weighted by Crippen LogP contribution is 2.18. The number of benzene rings is 1. The number of carbonyl (C=O) groups is 1. The average molecular weight is 331 g/mol. The van der Waals surface area contributed by atoms with E-state index in [9.17, 15) is 9.18 Å². The lowest BCUT2D eigenvalue weighted by molar-refractivity contribution is -0.139. The third-order valence-corrected chi connectivity index (χ3v) is 4.11. The molecule has 1 aliphatic rings. The van der Waals surface area contributed by atoms with Crippen molar-refractivity contribution in [3.63, 3.8) is 0 Å². The summed E-state index contributed by atoms with van der Waals surface area (Å²) >= 11 is 0. The van der Waals surface area contributed by atoms with E-state index in [0.717, 1.165) is 44.6 Å². The summed E-state index contributed by atoms with van der Waals surface area (Å²) in [6, 6.07) is 7.06. The normalized spacial score (nSPS) is 16.5. The van der Waals surface area contributed by atoms with Gasteiger partial charge in [-0.25, -0.2) is 4.39 Å². The van der Waals surface area contributed by atoms with E-state index in [-0.39, 0.29) is 24.8 Å². The molecule has 4 nitrogen and oxygen atoms in total. The maximum absolute atomic E-state index is 13.2. The Hall–Kier alpha value is -1.17. The summed E-state index contributed by atoms with van der Waals surface area (Å²) in [6.45, 7) is 5.50. The van der Waals surface area contributed by atoms with Gasteiger partial charge in [0.1, 0.15) is 5.82 Å². The number of aliphatic carboxylic acids is 1. The van der Waals surface area contributed by atoms with Crippen LogP contribution in [0.25, 0.3) is 0 Å². The van der Waals surface area contributed by atoms with Crippen molar-refractivity contribution in [2.75, 3.05) is 26.2 Å². The smallest absolute Gasteiger partial charge is 0.317 e. The van der Waals surface area contributed by atoms with Crippen LogP contribution in [0.2, 0.25) is 0 Å². The Morgan fingerprint density at radius 1 is 1.41 bits per heavy atom. The van der Waals surface area contributed by atoms with Crippen LogP contribution in [0.1, 0.15) is 25.3 Å². The Kier molecular flexibility index (Phi) is 7.79. The van der Waals surface area contributed by atoms with Crippen LogP contribution in [0.5, 0.6) is 0 Å². The second kappa shape index (κ2) is 9.08. The number of carboxylic acids is 1. The van der Waals surface area contributed by atoms with Gasteiger partial charge in [0.2, 0.25) is 0 Å². The second-order valence-corrected chi connectivity index (χ2v) is 5.59. The Morgan fingerprint density at radius 3 is 2.64 bits per heavy atom. The van der Waals surface area contributed by atoms with Crippen molar-refractivity contribution in [2.24, 2.45) is 0 Å². The molecule has 2 rings (SSSR count). The minimum Gasteiger partial charge on any atom is -0.480 e. The van der Waals surface area contributed by atoms with E-state index in [1.165, 1.54) is 6.07 Å². The van der Waals surface area contributed by atoms with E-state index in [0.29, 0.717) is 6.04 Å². The zero-order valence-electron chi connectivity index (χ0n) is 12.9. The van der Waals surface area contributed by atoms with Gasteiger partial charge in [-0.1, -0.05) is 19.1 Å². The van der Waals surface area contributed by atoms with E-state index in [1.54, 1.807) is 12.1 Å². The number of likely N-dealkylation sites (tertiary alicyclic amines) is 1. The molecular weight excluding hydrogens is 307 g/mol. The van der Waals surface area contributed by atoms with Gasteiger partial charge in [0.15, 0.2) is 0 Å². The summed E-state index contributed by atoms with van der Waals surface area (Å²) in [6.07, 6.45) is 1.94. The minimum absolute atomic E-state index is 0. The number of piperidine rings is 1. The van der Waals surface area contributed by atoms with Gasteiger partial charge in [-0.2, -0.15) is 0 Å². The highest BCUT2D eigenvalue weighted by molar-refractivity contribution is 5.85. The van der Waals surface area contributed by atoms with Crippen molar-refractivity contribution in [3.05, 3.63) is 35.6 Å². The quantitative estimate of drug-likeness (QED) is 0.871. The largest absolute Gasteiger partial charge is 0.480 e. The van der Waals surface area contributed by atoms with E-state index < -0.39 is 5.97 Å². The van der Waals surface area contributed by atoms with Gasteiger partial charge >= 0.3 is 5.97 Å². The van der Waals surface area contributed by atoms with Gasteiger partial charge in [-0.05, 0) is 50.2 Å². The van der Waals surface area contributed by atoms with Gasteiger partial charge in [0.05, 0.1) is 6.54 Å². The van der Waals surface area contributed by atoms with E-state index in [2.05, 4.69) is 4.90 Å². The lowest BCUT2D eigenvalue weighted by Crippen LogP contribution is -2.46. The maximum Gasteiger partial charge on any atom is 0.317 e. The molecule has 0 saturated carbocycles. The number of carboxylic acid groups (broad SMARTS) is 1. The Labute approximate surface area is 137 Å². The number of likely N-dealkylation sites (N-methyl/N-ethyl adjacent to an activating group) is 1. The average Bonchev–Trinajstić information content (AvgIpc) is 2.45. The lowest BCUT2D eigenvalue weighted by atomic mass is 10.0. The van der Waals surface area contributed by atoms with E-state index in [4.69, 9.17) is 5.11 Å². The third-order valence-electron chi connectivity index (χ3n) is 4.11. The molecule has 0 radical (unpaired) electrons. The molecule has 1 fully saturated rings. The van der Waals surface area contributed by atoms with E-state index >= 15 is 0 Å². The molecule has 1 aromatic rings. The number of hydrogen-bond acceptors (Lipinski definition) is 3. The standard InChI is InChI=1S/C16H23FN2O2.ClH/c1-2-19(12-16(20)21)15-6-8-18(9-7-15)11-13-4-3-5-14(17)10-13;/h3-5,10,15H,2,6-9,11-12H2,1H3,(H,20,21);1H. The van der Waals surface area contributed by atoms with E-state index in [1.807, 2.05) is 17.9 Å². The van der Waals surface area contributed by atoms with Crippen LogP contribution in [-0.4, -0.2) is 53.1 Å². The first-order valence-corrected chi connectivity index (χ1v) is 7.51. The molecule has 0 bridgehead atoms. The lowest BCUT2D eigenvalue weighted by Gasteiger charge is -2.37. The summed E-state index contributed by atoms with van der Waals surface area (Å²) in [5.74, 6) is -0.958. The van der Waals surface area contributed by atoms with Gasteiger partial charge in [-0.3, -0.25) is 14.6 Å². The molecule has 1 aromatic carbocycles. The van der Waals surface area contributed by atoms with Crippen LogP contribution in [0.3, 0.4) is 0 Å². The van der Waals surface area contributed by atoms with Crippen LogP contribution in [0, 0.1) is 5.82 Å². The first-order chi connectivity index (χ1) is 10.1. The fraction of sp³-hybridized carbons (Fsp3) is 0.562. The fourth-order valence-corrected chi connectivity index (χ4v) is 3.01. The summed E-state index contributed by atoms with van der Waals surface area (Å²) in [4.78, 5) is 15.2. The summed E-state index contributed by atoms with van der Waals surface area (Å²) in [5, 5.41) is 8.93. The molecule has 0 amide bonds. The van der Waals surface area contributed by atoms with Crippen molar-refractivity contribution < 1.29 is 14.3 Å². The molecule has 1 N–H and O–H groups in total. The SMILES string of the molecule is CCN(CC(=O)O)C1CCN(Cc2cccc(F)c2)CC1.Cl. The number of halogens is 2. The number of rotatable bonds is 6. The molecule has 124 valence electrons. The molecule has 6 heteroatoms. The zero-order valence-corrected chi connectivity index (χ0v) is 13.7. The molecule has 22 heavy (non-hydrogen) atoms. The molecule has 0 spiro atoms. The summed E-state index contributed by atoms with van der Waals surface area (Å²) < 4.78 is 13.2. The predicted molar refractivity (Wildman–Crippen MR) is 86.8 cm³/mol. The highest BCUT2D eigenvalue weighted by Gasteiger charge is 2.24. The minimum atomic E-state index is -0.765. The van der Waals surface area contributed by atoms with Crippen molar-refractivity contribution in [1.29, 1.82) is 0 Å². The first kappa shape index (κ1) is 18.9. The summed E-state index contributed by atoms with van der Waals surface area (Å²) in [7, 11) is 0. The molecule has 0 atom stereocenters. The van der Waals surface area contributed by atoms with Crippen molar-refractivity contribution in [2.45, 2.75) is 32.4 Å². The van der Waals surface area contributed by atoms with Crippen LogP contribution in [-0.2, 0) is 11.3 Å². The van der Waals surface area contributed by atoms with Gasteiger partial charge in [-0.15, -0.1) is 12.4 Å². The van der Waals surface area contributed by atoms with Crippen LogP contribution in [0.15, 0.2) is 24.3 Å². The van der Waals surface area contributed by atoms with Crippen LogP contribution >= 0.6 is 12.4 Å². The molecule has 1 saturated heterocycles. The Bertz CT molecular complexity index is 479. The summed E-state index contributed by atoms with van der Waals surface area (Å²) in [5.41, 5.74) is 0.992. The predicted octanol–water partition coefficient (Wildman–Crippen LogP) is 2.62. The zero-order chi connectivity index (χ0) is 15.2. The topological polar surface area (TPSA) is 43.8 Å². The van der Waals surface area contributed by atoms with Crippen molar-refractivity contribution in [1.82, 2.24) is 9.80 Å². The maximum atomic E-state index is 13.2. The Balaban J connectivity index is 0.00000242. The monoisotopic (exact) mass is 330 g/mol. The molecule has 0 aliphatic carbocycles. The third kappa shape index (κ3) is 5.55. The van der Waals surface area contributed by atoms with Gasteiger partial charge in [0.25, 0.3) is 0 Å². The van der Waals surface area contributed by atoms with Gasteiger partial charge < -0.3 is 5.11 Å².